The van der Waals surface area contributed by atoms with Gasteiger partial charge in [0.15, 0.2) is 11.6 Å². The molecular weight excluding hydrogens is 755 g/mol. The van der Waals surface area contributed by atoms with Crippen LogP contribution in [0.4, 0.5) is 0 Å². The highest BCUT2D eigenvalue weighted by Crippen LogP contribution is 2.49. The molecule has 298 valence electrons. The number of hydrogen-bond donors (Lipinski definition) is 0. The van der Waals surface area contributed by atoms with E-state index in [9.17, 15) is 0 Å². The summed E-state index contributed by atoms with van der Waals surface area (Å²) in [6, 6.07) is 63.3. The van der Waals surface area contributed by atoms with Crippen molar-refractivity contribution in [1.82, 2.24) is 24.1 Å². The van der Waals surface area contributed by atoms with Crippen LogP contribution in [0.15, 0.2) is 176 Å². The first-order valence-electron chi connectivity index (χ1n) is 21.8. The lowest BCUT2D eigenvalue weighted by atomic mass is 9.63. The molecule has 1 aliphatic carbocycles. The van der Waals surface area contributed by atoms with Crippen molar-refractivity contribution < 1.29 is 0 Å². The van der Waals surface area contributed by atoms with Crippen LogP contribution in [0.1, 0.15) is 51.7 Å². The molecule has 0 fully saturated rings. The summed E-state index contributed by atoms with van der Waals surface area (Å²) in [5, 5.41) is 7.05. The molecule has 0 spiro atoms. The van der Waals surface area contributed by atoms with Crippen LogP contribution in [-0.2, 0) is 10.8 Å². The Labute approximate surface area is 361 Å². The van der Waals surface area contributed by atoms with Gasteiger partial charge in [-0.05, 0) is 70.2 Å². The molecule has 0 radical (unpaired) electrons. The lowest BCUT2D eigenvalue weighted by Gasteiger charge is -2.42. The molecule has 0 saturated heterocycles. The molecule has 3 heterocycles. The van der Waals surface area contributed by atoms with Gasteiger partial charge in [0.1, 0.15) is 0 Å². The van der Waals surface area contributed by atoms with Crippen molar-refractivity contribution >= 4 is 54.4 Å². The Morgan fingerprint density at radius 2 is 0.839 bits per heavy atom. The molecule has 0 unspecified atom stereocenters. The van der Waals surface area contributed by atoms with E-state index in [-0.39, 0.29) is 10.8 Å². The predicted octanol–water partition coefficient (Wildman–Crippen LogP) is 14.6. The number of fused-ring (bicyclic) bond motifs is 11. The van der Waals surface area contributed by atoms with E-state index in [0.29, 0.717) is 17.6 Å². The van der Waals surface area contributed by atoms with Crippen LogP contribution in [0.2, 0.25) is 0 Å². The van der Waals surface area contributed by atoms with E-state index in [1.54, 1.807) is 0 Å². The minimum atomic E-state index is 0.150. The SMILES string of the molecule is CC1(C)CCC(C)(C)c2cc(-c3ccc(-n4c5ccccc5c5c6c7ccccc7n(-c7nc(-c8ccccc8)nc(-c8ccccc8)n7)c6c6ccccc6c54)cc3)ccc21. The number of aromatic nitrogens is 5. The summed E-state index contributed by atoms with van der Waals surface area (Å²) in [6.07, 6.45) is 2.41. The van der Waals surface area contributed by atoms with Crippen molar-refractivity contribution in [2.45, 2.75) is 51.4 Å². The number of para-hydroxylation sites is 2. The lowest BCUT2D eigenvalue weighted by Crippen LogP contribution is -2.33. The summed E-state index contributed by atoms with van der Waals surface area (Å²) in [5.41, 5.74) is 13.3. The zero-order chi connectivity index (χ0) is 41.7. The molecule has 0 bridgehead atoms. The van der Waals surface area contributed by atoms with Crippen LogP contribution >= 0.6 is 0 Å². The second kappa shape index (κ2) is 13.6. The normalized spacial score (nSPS) is 14.6. The molecule has 0 atom stereocenters. The van der Waals surface area contributed by atoms with Crippen molar-refractivity contribution in [3.05, 3.63) is 187 Å². The molecule has 8 aromatic carbocycles. The van der Waals surface area contributed by atoms with Gasteiger partial charge in [-0.15, -0.1) is 0 Å². The summed E-state index contributed by atoms with van der Waals surface area (Å²) in [7, 11) is 0. The molecule has 0 saturated carbocycles. The Morgan fingerprint density at radius 3 is 1.40 bits per heavy atom. The molecule has 5 nitrogen and oxygen atoms in total. The predicted molar refractivity (Wildman–Crippen MR) is 258 cm³/mol. The van der Waals surface area contributed by atoms with Gasteiger partial charge in [-0.3, -0.25) is 4.57 Å². The third kappa shape index (κ3) is 5.51. The van der Waals surface area contributed by atoms with Crippen molar-refractivity contribution in [2.75, 3.05) is 0 Å². The zero-order valence-corrected chi connectivity index (χ0v) is 35.4. The van der Waals surface area contributed by atoms with Crippen LogP contribution in [0.25, 0.3) is 99.9 Å². The van der Waals surface area contributed by atoms with Crippen molar-refractivity contribution in [3.63, 3.8) is 0 Å². The molecule has 0 aliphatic heterocycles. The fourth-order valence-electron chi connectivity index (χ4n) is 10.3. The van der Waals surface area contributed by atoms with Crippen molar-refractivity contribution in [2.24, 2.45) is 0 Å². The first-order chi connectivity index (χ1) is 30.2. The van der Waals surface area contributed by atoms with Gasteiger partial charge in [0, 0.05) is 49.1 Å². The minimum Gasteiger partial charge on any atom is -0.309 e. The van der Waals surface area contributed by atoms with E-state index in [1.807, 2.05) is 36.4 Å². The number of nitrogens with zero attached hydrogens (tertiary/aromatic N) is 5. The Kier molecular flexibility index (Phi) is 7.98. The van der Waals surface area contributed by atoms with E-state index >= 15 is 0 Å². The molecule has 1 aliphatic rings. The number of benzene rings is 8. The fourth-order valence-corrected chi connectivity index (χ4v) is 10.3. The maximum atomic E-state index is 5.28. The number of rotatable bonds is 5. The quantitative estimate of drug-likeness (QED) is 0.174. The molecule has 62 heavy (non-hydrogen) atoms. The Morgan fingerprint density at radius 1 is 0.387 bits per heavy atom. The molecule has 11 aromatic rings. The summed E-state index contributed by atoms with van der Waals surface area (Å²) < 4.78 is 4.75. The number of hydrogen-bond acceptors (Lipinski definition) is 3. The van der Waals surface area contributed by atoms with Gasteiger partial charge in [0.05, 0.1) is 22.1 Å². The average Bonchev–Trinajstić information content (AvgIpc) is 3.85. The van der Waals surface area contributed by atoms with Crippen LogP contribution in [0.3, 0.4) is 0 Å². The Balaban J connectivity index is 1.13. The van der Waals surface area contributed by atoms with Gasteiger partial charge in [-0.1, -0.05) is 179 Å². The first-order valence-corrected chi connectivity index (χ1v) is 21.8. The lowest BCUT2D eigenvalue weighted by molar-refractivity contribution is 0.332. The smallest absolute Gasteiger partial charge is 0.238 e. The molecule has 12 rings (SSSR count). The second-order valence-electron chi connectivity index (χ2n) is 18.3. The van der Waals surface area contributed by atoms with Gasteiger partial charge < -0.3 is 4.57 Å². The molecular formula is C57H45N5. The summed E-state index contributed by atoms with van der Waals surface area (Å²) in [4.78, 5) is 15.6. The van der Waals surface area contributed by atoms with Gasteiger partial charge in [-0.2, -0.15) is 9.97 Å². The van der Waals surface area contributed by atoms with E-state index in [1.165, 1.54) is 67.7 Å². The van der Waals surface area contributed by atoms with Crippen LogP contribution in [0, 0.1) is 0 Å². The molecule has 5 heteroatoms. The monoisotopic (exact) mass is 799 g/mol. The van der Waals surface area contributed by atoms with E-state index in [4.69, 9.17) is 15.0 Å². The molecule has 3 aromatic heterocycles. The summed E-state index contributed by atoms with van der Waals surface area (Å²) in [6.45, 7) is 9.60. The fraction of sp³-hybridized carbons (Fsp3) is 0.140. The summed E-state index contributed by atoms with van der Waals surface area (Å²) in [5.74, 6) is 1.85. The molecule has 0 N–H and O–H groups in total. The van der Waals surface area contributed by atoms with Crippen LogP contribution < -0.4 is 0 Å². The third-order valence-corrected chi connectivity index (χ3v) is 13.6. The third-order valence-electron chi connectivity index (χ3n) is 13.6. The van der Waals surface area contributed by atoms with Gasteiger partial charge in [0.2, 0.25) is 5.95 Å². The Hall–Kier alpha value is -7.37. The van der Waals surface area contributed by atoms with Gasteiger partial charge >= 0.3 is 0 Å². The van der Waals surface area contributed by atoms with E-state index in [0.717, 1.165) is 38.6 Å². The topological polar surface area (TPSA) is 48.5 Å². The van der Waals surface area contributed by atoms with Gasteiger partial charge in [-0.25, -0.2) is 4.98 Å². The zero-order valence-electron chi connectivity index (χ0n) is 35.4. The molecule has 0 amide bonds. The van der Waals surface area contributed by atoms with E-state index < -0.39 is 0 Å². The maximum absolute atomic E-state index is 5.28. The van der Waals surface area contributed by atoms with Crippen LogP contribution in [0.5, 0.6) is 0 Å². The highest BCUT2D eigenvalue weighted by molar-refractivity contribution is 6.37. The van der Waals surface area contributed by atoms with Crippen molar-refractivity contribution in [1.29, 1.82) is 0 Å². The largest absolute Gasteiger partial charge is 0.309 e. The highest BCUT2D eigenvalue weighted by atomic mass is 15.2. The second-order valence-corrected chi connectivity index (χ2v) is 18.3. The minimum absolute atomic E-state index is 0.150. The van der Waals surface area contributed by atoms with Gasteiger partial charge in [0.25, 0.3) is 0 Å². The Bertz CT molecular complexity index is 3500. The van der Waals surface area contributed by atoms with E-state index in [2.05, 4.69) is 176 Å². The average molecular weight is 800 g/mol. The standard InChI is InChI=1S/C57H45N5/c1-56(2)33-34-57(3,4)46-35-39(29-32-45(46)56)36-27-30-40(31-28-36)61-47-25-15-13-23-43(47)49-50-44-24-14-16-26-48(44)62(52(50)42-22-12-11-21-41(42)51(49)61)55-59-53(37-17-7-5-8-18-37)58-54(60-55)38-19-9-6-10-20-38/h5-32,35H,33-34H2,1-4H3. The van der Waals surface area contributed by atoms with Crippen LogP contribution in [-0.4, -0.2) is 24.1 Å². The van der Waals surface area contributed by atoms with Crippen molar-refractivity contribution in [3.8, 4) is 45.5 Å². The maximum Gasteiger partial charge on any atom is 0.238 e. The highest BCUT2D eigenvalue weighted by Gasteiger charge is 2.37. The summed E-state index contributed by atoms with van der Waals surface area (Å²) >= 11 is 0. The first kappa shape index (κ1) is 36.5.